The number of oxazole rings is 1. The number of halogens is 2. The van der Waals surface area contributed by atoms with Crippen molar-refractivity contribution >= 4 is 52.3 Å². The minimum absolute atomic E-state index is 0.607. The third kappa shape index (κ3) is 4.42. The first-order valence-electron chi connectivity index (χ1n) is 9.13. The minimum atomic E-state index is 0.607. The first-order chi connectivity index (χ1) is 14.0. The number of hydrogen-bond donors (Lipinski definition) is 0. The van der Waals surface area contributed by atoms with Crippen LogP contribution in [0.1, 0.15) is 16.7 Å². The van der Waals surface area contributed by atoms with Crippen LogP contribution in [0.3, 0.4) is 0 Å². The maximum atomic E-state index is 6.15. The summed E-state index contributed by atoms with van der Waals surface area (Å²) in [5.41, 5.74) is 6.62. The van der Waals surface area contributed by atoms with Crippen LogP contribution in [0.5, 0.6) is 0 Å². The highest BCUT2D eigenvalue weighted by Gasteiger charge is 2.10. The maximum Gasteiger partial charge on any atom is 0.227 e. The smallest absolute Gasteiger partial charge is 0.227 e. The van der Waals surface area contributed by atoms with Crippen LogP contribution < -0.4 is 0 Å². The Kier molecular flexibility index (Phi) is 5.52. The number of benzene rings is 3. The second-order valence-electron chi connectivity index (χ2n) is 6.80. The molecule has 0 aliphatic rings. The summed E-state index contributed by atoms with van der Waals surface area (Å²) in [7, 11) is 0. The van der Waals surface area contributed by atoms with E-state index in [0.29, 0.717) is 15.9 Å². The van der Waals surface area contributed by atoms with Gasteiger partial charge in [0.15, 0.2) is 5.58 Å². The van der Waals surface area contributed by atoms with Crippen molar-refractivity contribution in [2.24, 2.45) is 4.99 Å². The SMILES string of the molecule is Cc1cc(C)c2oc(-c3ccc(N=C/C=C/c4ccc(Cl)cc4Cl)cc3)nc2c1. The van der Waals surface area contributed by atoms with E-state index in [4.69, 9.17) is 27.6 Å². The molecule has 0 amide bonds. The molecule has 0 saturated heterocycles. The Hall–Kier alpha value is -2.88. The molecular weight excluding hydrogens is 403 g/mol. The highest BCUT2D eigenvalue weighted by molar-refractivity contribution is 6.35. The van der Waals surface area contributed by atoms with Crippen LogP contribution in [-0.2, 0) is 0 Å². The molecule has 5 heteroatoms. The summed E-state index contributed by atoms with van der Waals surface area (Å²) in [5, 5.41) is 1.22. The van der Waals surface area contributed by atoms with E-state index in [2.05, 4.69) is 23.0 Å². The van der Waals surface area contributed by atoms with Crippen molar-refractivity contribution < 1.29 is 4.42 Å². The first kappa shape index (κ1) is 19.4. The lowest BCUT2D eigenvalue weighted by Gasteiger charge is -1.98. The molecule has 0 atom stereocenters. The number of aromatic nitrogens is 1. The fourth-order valence-electron chi connectivity index (χ4n) is 3.10. The molecule has 4 rings (SSSR count). The van der Waals surface area contributed by atoms with E-state index in [9.17, 15) is 0 Å². The second-order valence-corrected chi connectivity index (χ2v) is 7.64. The first-order valence-corrected chi connectivity index (χ1v) is 9.89. The number of allylic oxidation sites excluding steroid dienone is 1. The zero-order valence-corrected chi connectivity index (χ0v) is 17.5. The predicted octanol–water partition coefficient (Wildman–Crippen LogP) is 7.83. The van der Waals surface area contributed by atoms with Crippen molar-refractivity contribution in [3.05, 3.63) is 87.4 Å². The van der Waals surface area contributed by atoms with Crippen LogP contribution in [0.25, 0.3) is 28.6 Å². The Balaban J connectivity index is 1.50. The van der Waals surface area contributed by atoms with Gasteiger partial charge >= 0.3 is 0 Å². The number of rotatable bonds is 4. The van der Waals surface area contributed by atoms with E-state index in [1.807, 2.05) is 55.5 Å². The van der Waals surface area contributed by atoms with Gasteiger partial charge in [0.1, 0.15) is 5.52 Å². The Morgan fingerprint density at radius 3 is 2.52 bits per heavy atom. The highest BCUT2D eigenvalue weighted by atomic mass is 35.5. The van der Waals surface area contributed by atoms with Crippen molar-refractivity contribution in [1.29, 1.82) is 0 Å². The Bertz CT molecular complexity index is 1240. The highest BCUT2D eigenvalue weighted by Crippen LogP contribution is 2.28. The van der Waals surface area contributed by atoms with Crippen LogP contribution in [0, 0.1) is 13.8 Å². The number of aryl methyl sites for hydroxylation is 2. The molecule has 144 valence electrons. The predicted molar refractivity (Wildman–Crippen MR) is 123 cm³/mol. The van der Waals surface area contributed by atoms with E-state index in [1.54, 1.807) is 18.3 Å². The van der Waals surface area contributed by atoms with Gasteiger partial charge < -0.3 is 4.42 Å². The van der Waals surface area contributed by atoms with Crippen LogP contribution in [0.15, 0.2) is 70.1 Å². The van der Waals surface area contributed by atoms with Crippen molar-refractivity contribution in [3.63, 3.8) is 0 Å². The summed E-state index contributed by atoms with van der Waals surface area (Å²) in [5.74, 6) is 0.613. The Morgan fingerprint density at radius 1 is 0.966 bits per heavy atom. The lowest BCUT2D eigenvalue weighted by Crippen LogP contribution is -1.78. The quantitative estimate of drug-likeness (QED) is 0.315. The van der Waals surface area contributed by atoms with Crippen molar-refractivity contribution in [2.45, 2.75) is 13.8 Å². The molecule has 0 radical (unpaired) electrons. The van der Waals surface area contributed by atoms with Gasteiger partial charge in [-0.1, -0.05) is 41.4 Å². The average molecular weight is 421 g/mol. The molecule has 0 N–H and O–H groups in total. The summed E-state index contributed by atoms with van der Waals surface area (Å²) >= 11 is 12.1. The molecule has 0 spiro atoms. The van der Waals surface area contributed by atoms with Crippen molar-refractivity contribution in [3.8, 4) is 11.5 Å². The zero-order chi connectivity index (χ0) is 20.4. The van der Waals surface area contributed by atoms with Gasteiger partial charge in [-0.15, -0.1) is 0 Å². The zero-order valence-electron chi connectivity index (χ0n) is 16.0. The maximum absolute atomic E-state index is 6.15. The van der Waals surface area contributed by atoms with Gasteiger partial charge in [-0.25, -0.2) is 4.98 Å². The summed E-state index contributed by atoms with van der Waals surface area (Å²) < 4.78 is 5.96. The van der Waals surface area contributed by atoms with E-state index in [1.165, 1.54) is 5.56 Å². The van der Waals surface area contributed by atoms with Gasteiger partial charge in [0.2, 0.25) is 5.89 Å². The molecular formula is C24H18Cl2N2O. The molecule has 0 saturated carbocycles. The van der Waals surface area contributed by atoms with Crippen molar-refractivity contribution in [1.82, 2.24) is 4.98 Å². The third-order valence-electron chi connectivity index (χ3n) is 4.48. The fourth-order valence-corrected chi connectivity index (χ4v) is 3.57. The number of nitrogens with zero attached hydrogens (tertiary/aromatic N) is 2. The summed E-state index contributed by atoms with van der Waals surface area (Å²) in [4.78, 5) is 9.06. The lowest BCUT2D eigenvalue weighted by atomic mass is 10.1. The summed E-state index contributed by atoms with van der Waals surface area (Å²) in [6, 6.07) is 17.3. The van der Waals surface area contributed by atoms with Crippen LogP contribution in [0.4, 0.5) is 5.69 Å². The topological polar surface area (TPSA) is 38.4 Å². The molecule has 29 heavy (non-hydrogen) atoms. The number of fused-ring (bicyclic) bond motifs is 1. The Labute approximate surface area is 179 Å². The second kappa shape index (κ2) is 8.24. The molecule has 0 aliphatic carbocycles. The van der Waals surface area contributed by atoms with Gasteiger partial charge in [0.25, 0.3) is 0 Å². The standard InChI is InChI=1S/C24H18Cl2N2O/c1-15-12-16(2)23-22(13-15)28-24(29-23)18-6-9-20(10-7-18)27-11-3-4-17-5-8-19(25)14-21(17)26/h3-14H,1-2H3/b4-3+,27-11?. The largest absolute Gasteiger partial charge is 0.436 e. The van der Waals surface area contributed by atoms with E-state index < -0.39 is 0 Å². The van der Waals surface area contributed by atoms with E-state index in [-0.39, 0.29) is 0 Å². The summed E-state index contributed by atoms with van der Waals surface area (Å²) in [6.07, 6.45) is 5.46. The third-order valence-corrected chi connectivity index (χ3v) is 5.04. The van der Waals surface area contributed by atoms with Crippen LogP contribution in [-0.4, -0.2) is 11.2 Å². The van der Waals surface area contributed by atoms with Crippen molar-refractivity contribution in [2.75, 3.05) is 0 Å². The van der Waals surface area contributed by atoms with Crippen LogP contribution in [0.2, 0.25) is 10.0 Å². The summed E-state index contributed by atoms with van der Waals surface area (Å²) in [6.45, 7) is 4.09. The molecule has 1 aromatic heterocycles. The molecule has 4 aromatic rings. The lowest BCUT2D eigenvalue weighted by molar-refractivity contribution is 0.617. The van der Waals surface area contributed by atoms with Gasteiger partial charge in [0, 0.05) is 21.8 Å². The molecule has 3 aromatic carbocycles. The number of aliphatic imine (C=N–C) groups is 1. The van der Waals surface area contributed by atoms with E-state index >= 15 is 0 Å². The molecule has 0 bridgehead atoms. The molecule has 0 fully saturated rings. The van der Waals surface area contributed by atoms with Gasteiger partial charge in [0.05, 0.1) is 5.69 Å². The van der Waals surface area contributed by atoms with Gasteiger partial charge in [-0.05, 0) is 79.1 Å². The van der Waals surface area contributed by atoms with Gasteiger partial charge in [-0.2, -0.15) is 0 Å². The van der Waals surface area contributed by atoms with Crippen LogP contribution >= 0.6 is 23.2 Å². The monoisotopic (exact) mass is 420 g/mol. The number of hydrogen-bond acceptors (Lipinski definition) is 3. The fraction of sp³-hybridized carbons (Fsp3) is 0.0833. The van der Waals surface area contributed by atoms with Gasteiger partial charge in [-0.3, -0.25) is 4.99 Å². The van der Waals surface area contributed by atoms with E-state index in [0.717, 1.165) is 33.5 Å². The average Bonchev–Trinajstić information content (AvgIpc) is 3.11. The molecule has 0 aliphatic heterocycles. The minimum Gasteiger partial charge on any atom is -0.436 e. The normalized spacial score (nSPS) is 11.9. The Morgan fingerprint density at radius 2 is 1.76 bits per heavy atom. The molecule has 0 unspecified atom stereocenters. The molecule has 1 heterocycles. The molecule has 3 nitrogen and oxygen atoms in total.